The minimum atomic E-state index is -0.400. The largest absolute Gasteiger partial charge is 0.497 e. The van der Waals surface area contributed by atoms with Crippen molar-refractivity contribution in [2.45, 2.75) is 20.3 Å². The molecule has 0 aliphatic heterocycles. The smallest absolute Gasteiger partial charge is 0.277 e. The van der Waals surface area contributed by atoms with E-state index in [2.05, 4.69) is 15.8 Å². The van der Waals surface area contributed by atoms with Crippen LogP contribution in [-0.2, 0) is 9.59 Å². The molecule has 2 amide bonds. The van der Waals surface area contributed by atoms with Gasteiger partial charge in [0.1, 0.15) is 11.5 Å². The minimum absolute atomic E-state index is 0.0519. The molecule has 7 nitrogen and oxygen atoms in total. The quantitative estimate of drug-likeness (QED) is 0.553. The zero-order chi connectivity index (χ0) is 19.6. The summed E-state index contributed by atoms with van der Waals surface area (Å²) >= 11 is 0. The molecule has 0 aromatic heterocycles. The third-order valence-corrected chi connectivity index (χ3v) is 3.53. The number of ether oxygens (including phenoxy) is 2. The number of hydrogen-bond acceptors (Lipinski definition) is 5. The van der Waals surface area contributed by atoms with E-state index in [1.165, 1.54) is 0 Å². The molecule has 142 valence electrons. The number of rotatable bonds is 8. The van der Waals surface area contributed by atoms with E-state index in [9.17, 15) is 9.59 Å². The maximum absolute atomic E-state index is 12.0. The Morgan fingerprint density at radius 3 is 2.48 bits per heavy atom. The van der Waals surface area contributed by atoms with Crippen molar-refractivity contribution in [3.63, 3.8) is 0 Å². The number of benzene rings is 2. The molecule has 2 N–H and O–H groups in total. The van der Waals surface area contributed by atoms with E-state index in [4.69, 9.17) is 9.47 Å². The summed E-state index contributed by atoms with van der Waals surface area (Å²) in [5.41, 5.74) is 4.58. The van der Waals surface area contributed by atoms with Crippen LogP contribution in [0.3, 0.4) is 0 Å². The normalized spacial score (nSPS) is 10.9. The molecule has 0 aliphatic carbocycles. The van der Waals surface area contributed by atoms with Crippen LogP contribution in [0.2, 0.25) is 0 Å². The van der Waals surface area contributed by atoms with E-state index < -0.39 is 5.91 Å². The highest BCUT2D eigenvalue weighted by Crippen LogP contribution is 2.16. The fourth-order valence-corrected chi connectivity index (χ4v) is 2.15. The van der Waals surface area contributed by atoms with Crippen molar-refractivity contribution in [2.24, 2.45) is 5.10 Å². The fourth-order valence-electron chi connectivity index (χ4n) is 2.15. The molecule has 0 fully saturated rings. The van der Waals surface area contributed by atoms with Crippen LogP contribution in [0.15, 0.2) is 53.6 Å². The van der Waals surface area contributed by atoms with Crippen LogP contribution in [0.25, 0.3) is 0 Å². The third-order valence-electron chi connectivity index (χ3n) is 3.53. The Kier molecular flexibility index (Phi) is 7.37. The van der Waals surface area contributed by atoms with Crippen molar-refractivity contribution in [2.75, 3.05) is 19.0 Å². The highest BCUT2D eigenvalue weighted by molar-refractivity contribution is 6.05. The Morgan fingerprint density at radius 2 is 1.78 bits per heavy atom. The highest BCUT2D eigenvalue weighted by atomic mass is 16.5. The number of methoxy groups -OCH3 is 1. The molecule has 0 unspecified atom stereocenters. The van der Waals surface area contributed by atoms with Gasteiger partial charge in [-0.3, -0.25) is 9.59 Å². The number of hydrogen-bond donors (Lipinski definition) is 2. The van der Waals surface area contributed by atoms with Gasteiger partial charge in [-0.05, 0) is 38.1 Å². The molecule has 0 radical (unpaired) electrons. The molecule has 27 heavy (non-hydrogen) atoms. The Bertz CT molecular complexity index is 816. The predicted molar refractivity (Wildman–Crippen MR) is 104 cm³/mol. The van der Waals surface area contributed by atoms with Crippen molar-refractivity contribution in [1.82, 2.24) is 5.43 Å². The van der Waals surface area contributed by atoms with Gasteiger partial charge in [0.25, 0.3) is 5.91 Å². The first-order valence-corrected chi connectivity index (χ1v) is 8.41. The zero-order valence-corrected chi connectivity index (χ0v) is 15.6. The maximum Gasteiger partial charge on any atom is 0.277 e. The molecule has 7 heteroatoms. The summed E-state index contributed by atoms with van der Waals surface area (Å²) in [5, 5.41) is 6.67. The van der Waals surface area contributed by atoms with E-state index in [0.29, 0.717) is 22.9 Å². The summed E-state index contributed by atoms with van der Waals surface area (Å²) in [7, 11) is 1.56. The predicted octanol–water partition coefficient (Wildman–Crippen LogP) is 2.90. The second-order valence-corrected chi connectivity index (χ2v) is 5.94. The van der Waals surface area contributed by atoms with Crippen molar-refractivity contribution >= 4 is 23.2 Å². The van der Waals surface area contributed by atoms with Gasteiger partial charge in [0, 0.05) is 17.5 Å². The highest BCUT2D eigenvalue weighted by Gasteiger charge is 2.07. The maximum atomic E-state index is 12.0. The standard InChI is InChI=1S/C20H23N3O4/c1-14-7-9-17(10-8-14)27-13-20(25)23-22-15(2)11-19(24)21-16-5-4-6-18(12-16)26-3/h4-10,12H,11,13H2,1-3H3,(H,21,24)(H,23,25). The number of nitrogens with one attached hydrogen (secondary N) is 2. The average molecular weight is 369 g/mol. The summed E-state index contributed by atoms with van der Waals surface area (Å²) in [5.74, 6) is 0.617. The first-order chi connectivity index (χ1) is 13.0. The molecule has 0 saturated carbocycles. The Hall–Kier alpha value is -3.35. The van der Waals surface area contributed by atoms with Crippen LogP contribution in [0.1, 0.15) is 18.9 Å². The van der Waals surface area contributed by atoms with E-state index in [1.807, 2.05) is 19.1 Å². The number of anilines is 1. The second kappa shape index (κ2) is 9.96. The molecular weight excluding hydrogens is 346 g/mol. The number of aryl methyl sites for hydroxylation is 1. The molecule has 0 heterocycles. The minimum Gasteiger partial charge on any atom is -0.497 e. The average Bonchev–Trinajstić information content (AvgIpc) is 2.66. The number of carbonyl (C=O) groups excluding carboxylic acids is 2. The van der Waals surface area contributed by atoms with Crippen molar-refractivity contribution in [3.8, 4) is 11.5 Å². The van der Waals surface area contributed by atoms with Crippen molar-refractivity contribution in [1.29, 1.82) is 0 Å². The van der Waals surface area contributed by atoms with E-state index in [1.54, 1.807) is 50.4 Å². The van der Waals surface area contributed by atoms with Crippen molar-refractivity contribution < 1.29 is 19.1 Å². The lowest BCUT2D eigenvalue weighted by Gasteiger charge is -2.07. The molecule has 0 spiro atoms. The van der Waals surface area contributed by atoms with Gasteiger partial charge in [-0.1, -0.05) is 23.8 Å². The molecule has 2 rings (SSSR count). The van der Waals surface area contributed by atoms with E-state index in [-0.39, 0.29) is 18.9 Å². The lowest BCUT2D eigenvalue weighted by atomic mass is 10.2. The summed E-state index contributed by atoms with van der Waals surface area (Å²) < 4.78 is 10.5. The number of nitrogens with zero attached hydrogens (tertiary/aromatic N) is 1. The number of carbonyl (C=O) groups is 2. The third kappa shape index (κ3) is 7.19. The zero-order valence-electron chi connectivity index (χ0n) is 15.6. The topological polar surface area (TPSA) is 89.0 Å². The molecule has 0 aliphatic rings. The van der Waals surface area contributed by atoms with Gasteiger partial charge in [-0.2, -0.15) is 5.10 Å². The van der Waals surface area contributed by atoms with Crippen LogP contribution in [0.4, 0.5) is 5.69 Å². The lowest BCUT2D eigenvalue weighted by molar-refractivity contribution is -0.123. The summed E-state index contributed by atoms with van der Waals surface area (Å²) in [6, 6.07) is 14.4. The summed E-state index contributed by atoms with van der Waals surface area (Å²) in [4.78, 5) is 23.8. The molecule has 0 bridgehead atoms. The van der Waals surface area contributed by atoms with Gasteiger partial charge in [-0.25, -0.2) is 5.43 Å². The van der Waals surface area contributed by atoms with Crippen LogP contribution in [0.5, 0.6) is 11.5 Å². The summed E-state index contributed by atoms with van der Waals surface area (Å²) in [6.07, 6.45) is 0.0519. The molecule has 2 aromatic carbocycles. The van der Waals surface area contributed by atoms with Gasteiger partial charge in [0.2, 0.25) is 5.91 Å². The van der Waals surface area contributed by atoms with E-state index >= 15 is 0 Å². The number of hydrazone groups is 1. The SMILES string of the molecule is COc1cccc(NC(=O)CC(C)=NNC(=O)COc2ccc(C)cc2)c1. The van der Waals surface area contributed by atoms with Crippen LogP contribution < -0.4 is 20.2 Å². The Morgan fingerprint density at radius 1 is 1.04 bits per heavy atom. The van der Waals surface area contributed by atoms with Gasteiger partial charge in [0.05, 0.1) is 13.5 Å². The Labute approximate surface area is 158 Å². The molecule has 0 atom stereocenters. The van der Waals surface area contributed by atoms with Crippen LogP contribution in [0, 0.1) is 6.92 Å². The Balaban J connectivity index is 1.76. The summed E-state index contributed by atoms with van der Waals surface area (Å²) in [6.45, 7) is 3.47. The fraction of sp³-hybridized carbons (Fsp3) is 0.250. The van der Waals surface area contributed by atoms with E-state index in [0.717, 1.165) is 5.56 Å². The molecule has 0 saturated heterocycles. The van der Waals surface area contributed by atoms with Gasteiger partial charge >= 0.3 is 0 Å². The monoisotopic (exact) mass is 369 g/mol. The van der Waals surface area contributed by atoms with Crippen LogP contribution >= 0.6 is 0 Å². The number of amides is 2. The van der Waals surface area contributed by atoms with Gasteiger partial charge in [-0.15, -0.1) is 0 Å². The van der Waals surface area contributed by atoms with Gasteiger partial charge < -0.3 is 14.8 Å². The van der Waals surface area contributed by atoms with Gasteiger partial charge in [0.15, 0.2) is 6.61 Å². The second-order valence-electron chi connectivity index (χ2n) is 5.94. The molecule has 2 aromatic rings. The molecular formula is C20H23N3O4. The van der Waals surface area contributed by atoms with Crippen molar-refractivity contribution in [3.05, 3.63) is 54.1 Å². The van der Waals surface area contributed by atoms with Crippen LogP contribution in [-0.4, -0.2) is 31.2 Å². The lowest BCUT2D eigenvalue weighted by Crippen LogP contribution is -2.26. The first-order valence-electron chi connectivity index (χ1n) is 8.41. The first kappa shape index (κ1) is 20.0.